The topological polar surface area (TPSA) is 117 Å². The Bertz CT molecular complexity index is 1130. The van der Waals surface area contributed by atoms with E-state index >= 15 is 0 Å². The third-order valence-electron chi connectivity index (χ3n) is 4.90. The number of anilines is 1. The van der Waals surface area contributed by atoms with E-state index in [1.54, 1.807) is 62.4 Å². The Kier molecular flexibility index (Phi) is 4.78. The largest absolute Gasteiger partial charge is 0.339 e. The van der Waals surface area contributed by atoms with Gasteiger partial charge in [-0.15, -0.1) is 0 Å². The number of aryl methyl sites for hydroxylation is 1. The average Bonchev–Trinajstić information content (AvgIpc) is 3.26. The van der Waals surface area contributed by atoms with E-state index in [1.807, 2.05) is 6.07 Å². The molecule has 0 spiro atoms. The Balaban J connectivity index is 1.52. The zero-order chi connectivity index (χ0) is 21.3. The SMILES string of the molecule is Cc1nc(-c2ccccc2NC(=O)CN2C(=O)NC(C)(c3ccccc3)C2=O)no1. The standard InChI is InChI=1S/C21H19N5O4/c1-13-22-18(25-30-13)15-10-6-7-11-16(15)23-17(27)12-26-19(28)21(2,24-20(26)29)14-8-4-3-5-9-14/h3-11H,12H2,1-2H3,(H,23,27)(H,24,29). The summed E-state index contributed by atoms with van der Waals surface area (Å²) in [5.74, 6) is -0.292. The fraction of sp³-hybridized carbons (Fsp3) is 0.190. The number of nitrogens with one attached hydrogen (secondary N) is 2. The number of rotatable bonds is 5. The van der Waals surface area contributed by atoms with Crippen molar-refractivity contribution in [1.82, 2.24) is 20.4 Å². The number of carbonyl (C=O) groups excluding carboxylic acids is 3. The highest BCUT2D eigenvalue weighted by Gasteiger charge is 2.49. The number of imide groups is 1. The molecule has 1 aliphatic heterocycles. The summed E-state index contributed by atoms with van der Waals surface area (Å²) in [6, 6.07) is 15.2. The second-order valence-corrected chi connectivity index (χ2v) is 7.04. The number of amides is 4. The van der Waals surface area contributed by atoms with Gasteiger partial charge >= 0.3 is 6.03 Å². The van der Waals surface area contributed by atoms with E-state index in [0.29, 0.717) is 28.5 Å². The zero-order valence-electron chi connectivity index (χ0n) is 16.4. The minimum Gasteiger partial charge on any atom is -0.339 e. The number of benzene rings is 2. The van der Waals surface area contributed by atoms with Crippen molar-refractivity contribution in [3.63, 3.8) is 0 Å². The first-order valence-corrected chi connectivity index (χ1v) is 9.27. The summed E-state index contributed by atoms with van der Waals surface area (Å²) in [7, 11) is 0. The Morgan fingerprint density at radius 1 is 1.13 bits per heavy atom. The summed E-state index contributed by atoms with van der Waals surface area (Å²) in [4.78, 5) is 43.1. The van der Waals surface area contributed by atoms with Crippen molar-refractivity contribution in [3.05, 3.63) is 66.1 Å². The number of nitrogens with zero attached hydrogens (tertiary/aromatic N) is 3. The van der Waals surface area contributed by atoms with Crippen LogP contribution >= 0.6 is 0 Å². The lowest BCUT2D eigenvalue weighted by molar-refractivity contribution is -0.133. The van der Waals surface area contributed by atoms with Crippen LogP contribution < -0.4 is 10.6 Å². The lowest BCUT2D eigenvalue weighted by Gasteiger charge is -2.22. The molecule has 9 heteroatoms. The summed E-state index contributed by atoms with van der Waals surface area (Å²) in [6.45, 7) is 2.86. The van der Waals surface area contributed by atoms with Gasteiger partial charge in [-0.3, -0.25) is 14.5 Å². The second kappa shape index (κ2) is 7.43. The van der Waals surface area contributed by atoms with Crippen LogP contribution in [-0.2, 0) is 15.1 Å². The van der Waals surface area contributed by atoms with Gasteiger partial charge in [0.2, 0.25) is 17.6 Å². The summed E-state index contributed by atoms with van der Waals surface area (Å²) in [5, 5.41) is 9.27. The van der Waals surface area contributed by atoms with Crippen molar-refractivity contribution >= 4 is 23.5 Å². The van der Waals surface area contributed by atoms with Crippen LogP contribution in [0.15, 0.2) is 59.1 Å². The van der Waals surface area contributed by atoms with E-state index in [4.69, 9.17) is 4.52 Å². The molecule has 4 amide bonds. The minimum absolute atomic E-state index is 0.329. The molecule has 1 aromatic heterocycles. The van der Waals surface area contributed by atoms with Crippen LogP contribution in [0.5, 0.6) is 0 Å². The fourth-order valence-corrected chi connectivity index (χ4v) is 3.34. The predicted molar refractivity (Wildman–Crippen MR) is 107 cm³/mol. The Morgan fingerprint density at radius 3 is 2.53 bits per heavy atom. The molecule has 0 saturated carbocycles. The molecule has 1 saturated heterocycles. The molecule has 9 nitrogen and oxygen atoms in total. The zero-order valence-corrected chi connectivity index (χ0v) is 16.4. The Labute approximate surface area is 172 Å². The van der Waals surface area contributed by atoms with Crippen LogP contribution in [0.4, 0.5) is 10.5 Å². The number of para-hydroxylation sites is 1. The van der Waals surface area contributed by atoms with Crippen molar-refractivity contribution in [1.29, 1.82) is 0 Å². The number of hydrogen-bond acceptors (Lipinski definition) is 6. The molecule has 1 fully saturated rings. The van der Waals surface area contributed by atoms with Crippen molar-refractivity contribution in [2.45, 2.75) is 19.4 Å². The molecule has 3 aromatic rings. The molecule has 0 radical (unpaired) electrons. The van der Waals surface area contributed by atoms with Crippen LogP contribution in [0.25, 0.3) is 11.4 Å². The first-order chi connectivity index (χ1) is 14.4. The van der Waals surface area contributed by atoms with Crippen LogP contribution in [0.2, 0.25) is 0 Å². The number of urea groups is 1. The first-order valence-electron chi connectivity index (χ1n) is 9.27. The van der Waals surface area contributed by atoms with Gasteiger partial charge < -0.3 is 15.2 Å². The van der Waals surface area contributed by atoms with Crippen LogP contribution in [-0.4, -0.2) is 39.4 Å². The predicted octanol–water partition coefficient (Wildman–Crippen LogP) is 2.45. The third-order valence-corrected chi connectivity index (χ3v) is 4.90. The smallest absolute Gasteiger partial charge is 0.325 e. The number of hydrogen-bond donors (Lipinski definition) is 2. The van der Waals surface area contributed by atoms with E-state index in [0.717, 1.165) is 4.90 Å². The van der Waals surface area contributed by atoms with Crippen LogP contribution in [0.1, 0.15) is 18.4 Å². The molecule has 4 rings (SSSR count). The summed E-state index contributed by atoms with van der Waals surface area (Å²) < 4.78 is 5.00. The van der Waals surface area contributed by atoms with E-state index in [-0.39, 0.29) is 0 Å². The van der Waals surface area contributed by atoms with Gasteiger partial charge in [-0.1, -0.05) is 47.6 Å². The van der Waals surface area contributed by atoms with Crippen molar-refractivity contribution in [2.75, 3.05) is 11.9 Å². The Morgan fingerprint density at radius 2 is 1.83 bits per heavy atom. The third kappa shape index (κ3) is 3.41. The van der Waals surface area contributed by atoms with Crippen molar-refractivity contribution < 1.29 is 18.9 Å². The van der Waals surface area contributed by atoms with Gasteiger partial charge in [0.15, 0.2) is 0 Å². The van der Waals surface area contributed by atoms with Gasteiger partial charge in [0, 0.05) is 12.5 Å². The lowest BCUT2D eigenvalue weighted by atomic mass is 9.92. The van der Waals surface area contributed by atoms with E-state index in [9.17, 15) is 14.4 Å². The Hall–Kier alpha value is -4.01. The first kappa shape index (κ1) is 19.3. The molecule has 1 atom stereocenters. The van der Waals surface area contributed by atoms with Gasteiger partial charge in [-0.2, -0.15) is 4.98 Å². The van der Waals surface area contributed by atoms with Crippen molar-refractivity contribution in [2.24, 2.45) is 0 Å². The highest BCUT2D eigenvalue weighted by atomic mass is 16.5. The molecule has 0 aliphatic carbocycles. The molecule has 2 heterocycles. The quantitative estimate of drug-likeness (QED) is 0.630. The second-order valence-electron chi connectivity index (χ2n) is 7.04. The van der Waals surface area contributed by atoms with Gasteiger partial charge in [-0.05, 0) is 24.6 Å². The van der Waals surface area contributed by atoms with Gasteiger partial charge in [0.1, 0.15) is 12.1 Å². The minimum atomic E-state index is -1.22. The molecule has 0 bridgehead atoms. The average molecular weight is 405 g/mol. The van der Waals surface area contributed by atoms with Gasteiger partial charge in [-0.25, -0.2) is 4.79 Å². The summed E-state index contributed by atoms with van der Waals surface area (Å²) in [5.41, 5.74) is 0.429. The molecular formula is C21H19N5O4. The number of aromatic nitrogens is 2. The normalized spacial score (nSPS) is 18.4. The van der Waals surface area contributed by atoms with Crippen LogP contribution in [0.3, 0.4) is 0 Å². The van der Waals surface area contributed by atoms with Crippen LogP contribution in [0, 0.1) is 6.92 Å². The maximum absolute atomic E-state index is 12.9. The summed E-state index contributed by atoms with van der Waals surface area (Å²) in [6.07, 6.45) is 0. The molecular weight excluding hydrogens is 386 g/mol. The van der Waals surface area contributed by atoms with E-state index < -0.39 is 29.9 Å². The molecule has 30 heavy (non-hydrogen) atoms. The summed E-state index contributed by atoms with van der Waals surface area (Å²) >= 11 is 0. The molecule has 2 N–H and O–H groups in total. The monoisotopic (exact) mass is 405 g/mol. The van der Waals surface area contributed by atoms with Gasteiger partial charge in [0.25, 0.3) is 5.91 Å². The molecule has 1 unspecified atom stereocenters. The van der Waals surface area contributed by atoms with E-state index in [2.05, 4.69) is 20.8 Å². The van der Waals surface area contributed by atoms with Crippen molar-refractivity contribution in [3.8, 4) is 11.4 Å². The number of carbonyl (C=O) groups is 3. The maximum atomic E-state index is 12.9. The molecule has 152 valence electrons. The highest BCUT2D eigenvalue weighted by molar-refractivity contribution is 6.10. The fourth-order valence-electron chi connectivity index (χ4n) is 3.34. The maximum Gasteiger partial charge on any atom is 0.325 e. The van der Waals surface area contributed by atoms with Gasteiger partial charge in [0.05, 0.1) is 5.69 Å². The highest BCUT2D eigenvalue weighted by Crippen LogP contribution is 2.29. The molecule has 2 aromatic carbocycles. The van der Waals surface area contributed by atoms with E-state index in [1.165, 1.54) is 0 Å². The molecule has 1 aliphatic rings. The lowest BCUT2D eigenvalue weighted by Crippen LogP contribution is -2.42.